The minimum atomic E-state index is -0.655. The van der Waals surface area contributed by atoms with Crippen LogP contribution < -0.4 is 0 Å². The Labute approximate surface area is 102 Å². The number of hydrogen-bond acceptors (Lipinski definition) is 2. The smallest absolute Gasteiger partial charge is 0.0863 e. The highest BCUT2D eigenvalue weighted by Crippen LogP contribution is 2.33. The molecule has 17 heavy (non-hydrogen) atoms. The van der Waals surface area contributed by atoms with Gasteiger partial charge in [-0.15, -0.1) is 0 Å². The molecule has 1 atom stereocenters. The molecule has 2 aromatic carbocycles. The predicted molar refractivity (Wildman–Crippen MR) is 69.8 cm³/mol. The lowest BCUT2D eigenvalue weighted by Gasteiger charge is -2.28. The lowest BCUT2D eigenvalue weighted by molar-refractivity contribution is 0.00646. The molecule has 90 valence electrons. The van der Waals surface area contributed by atoms with Gasteiger partial charge in [-0.05, 0) is 22.4 Å². The van der Waals surface area contributed by atoms with Crippen LogP contribution in [-0.4, -0.2) is 16.8 Å². The van der Waals surface area contributed by atoms with Crippen LogP contribution in [-0.2, 0) is 0 Å². The van der Waals surface area contributed by atoms with E-state index < -0.39 is 11.5 Å². The van der Waals surface area contributed by atoms with Gasteiger partial charge in [0.1, 0.15) is 0 Å². The van der Waals surface area contributed by atoms with Crippen molar-refractivity contribution in [2.75, 3.05) is 6.61 Å². The maximum Gasteiger partial charge on any atom is 0.0863 e. The van der Waals surface area contributed by atoms with Crippen LogP contribution in [0, 0.1) is 5.41 Å². The first-order valence-corrected chi connectivity index (χ1v) is 5.82. The highest BCUT2D eigenvalue weighted by atomic mass is 16.3. The topological polar surface area (TPSA) is 40.5 Å². The van der Waals surface area contributed by atoms with E-state index in [-0.39, 0.29) is 6.61 Å². The highest BCUT2D eigenvalue weighted by Gasteiger charge is 2.28. The maximum atomic E-state index is 10.2. The third-order valence-electron chi connectivity index (χ3n) is 3.24. The Bertz CT molecular complexity index is 517. The van der Waals surface area contributed by atoms with Crippen LogP contribution in [0.15, 0.2) is 42.5 Å². The van der Waals surface area contributed by atoms with Crippen molar-refractivity contribution in [2.24, 2.45) is 5.41 Å². The molecule has 0 aromatic heterocycles. The molecule has 0 spiro atoms. The second kappa shape index (κ2) is 4.47. The summed E-state index contributed by atoms with van der Waals surface area (Å²) in [5.74, 6) is 0. The summed E-state index contributed by atoms with van der Waals surface area (Å²) >= 11 is 0. The van der Waals surface area contributed by atoms with Crippen molar-refractivity contribution in [3.63, 3.8) is 0 Å². The molecule has 2 N–H and O–H groups in total. The zero-order valence-electron chi connectivity index (χ0n) is 10.2. The summed E-state index contributed by atoms with van der Waals surface area (Å²) in [5.41, 5.74) is 0.324. The normalized spacial score (nSPS) is 13.9. The Morgan fingerprint density at radius 3 is 2.35 bits per heavy atom. The van der Waals surface area contributed by atoms with Crippen molar-refractivity contribution in [3.05, 3.63) is 48.0 Å². The van der Waals surface area contributed by atoms with E-state index in [1.807, 2.05) is 56.3 Å². The van der Waals surface area contributed by atoms with E-state index in [0.29, 0.717) is 0 Å². The van der Waals surface area contributed by atoms with Crippen molar-refractivity contribution in [1.29, 1.82) is 0 Å². The molecule has 0 aliphatic rings. The summed E-state index contributed by atoms with van der Waals surface area (Å²) in [5, 5.41) is 21.8. The quantitative estimate of drug-likeness (QED) is 0.851. The minimum absolute atomic E-state index is 0.0407. The fourth-order valence-electron chi connectivity index (χ4n) is 1.92. The SMILES string of the molecule is CC(C)(CO)[C@H](O)c1ccc2ccccc2c1. The average Bonchev–Trinajstić information content (AvgIpc) is 2.37. The second-order valence-electron chi connectivity index (χ2n) is 5.16. The first-order valence-electron chi connectivity index (χ1n) is 5.82. The molecule has 0 aliphatic heterocycles. The molecule has 0 fully saturated rings. The van der Waals surface area contributed by atoms with Gasteiger partial charge in [0.2, 0.25) is 0 Å². The molecule has 0 unspecified atom stereocenters. The summed E-state index contributed by atoms with van der Waals surface area (Å²) in [6, 6.07) is 14.0. The number of aliphatic hydroxyl groups is 2. The van der Waals surface area contributed by atoms with Gasteiger partial charge < -0.3 is 10.2 Å². The van der Waals surface area contributed by atoms with Gasteiger partial charge in [0.25, 0.3) is 0 Å². The van der Waals surface area contributed by atoms with Gasteiger partial charge in [0, 0.05) is 5.41 Å². The summed E-state index contributed by atoms with van der Waals surface area (Å²) < 4.78 is 0. The Kier molecular flexibility index (Phi) is 3.18. The molecule has 0 radical (unpaired) electrons. The fourth-order valence-corrected chi connectivity index (χ4v) is 1.92. The van der Waals surface area contributed by atoms with Gasteiger partial charge in [-0.3, -0.25) is 0 Å². The van der Waals surface area contributed by atoms with Crippen LogP contribution in [0.4, 0.5) is 0 Å². The fraction of sp³-hybridized carbons (Fsp3) is 0.333. The molecule has 0 amide bonds. The number of aliphatic hydroxyl groups excluding tert-OH is 2. The van der Waals surface area contributed by atoms with E-state index in [2.05, 4.69) is 0 Å². The van der Waals surface area contributed by atoms with Gasteiger partial charge >= 0.3 is 0 Å². The molecule has 2 rings (SSSR count). The third-order valence-corrected chi connectivity index (χ3v) is 3.24. The van der Waals surface area contributed by atoms with Gasteiger partial charge in [0.15, 0.2) is 0 Å². The molecule has 0 heterocycles. The predicted octanol–water partition coefficient (Wildman–Crippen LogP) is 2.89. The Morgan fingerprint density at radius 1 is 1.06 bits per heavy atom. The summed E-state index contributed by atoms with van der Waals surface area (Å²) in [6.07, 6.45) is -0.655. The van der Waals surface area contributed by atoms with Crippen LogP contribution in [0.5, 0.6) is 0 Å². The maximum absolute atomic E-state index is 10.2. The van der Waals surface area contributed by atoms with E-state index in [4.69, 9.17) is 0 Å². The van der Waals surface area contributed by atoms with Crippen LogP contribution in [0.3, 0.4) is 0 Å². The van der Waals surface area contributed by atoms with Gasteiger partial charge in [0.05, 0.1) is 12.7 Å². The highest BCUT2D eigenvalue weighted by molar-refractivity contribution is 5.83. The molecular formula is C15H18O2. The summed E-state index contributed by atoms with van der Waals surface area (Å²) in [4.78, 5) is 0. The van der Waals surface area contributed by atoms with Crippen LogP contribution in [0.25, 0.3) is 10.8 Å². The number of hydrogen-bond donors (Lipinski definition) is 2. The Hall–Kier alpha value is -1.38. The van der Waals surface area contributed by atoms with E-state index in [1.165, 1.54) is 0 Å². The van der Waals surface area contributed by atoms with Gasteiger partial charge in [-0.1, -0.05) is 50.2 Å². The van der Waals surface area contributed by atoms with Crippen LogP contribution >= 0.6 is 0 Å². The molecule has 0 saturated carbocycles. The minimum Gasteiger partial charge on any atom is -0.396 e. The molecule has 2 aromatic rings. The lowest BCUT2D eigenvalue weighted by atomic mass is 9.83. The van der Waals surface area contributed by atoms with E-state index in [1.54, 1.807) is 0 Å². The zero-order chi connectivity index (χ0) is 12.5. The van der Waals surface area contributed by atoms with Gasteiger partial charge in [-0.25, -0.2) is 0 Å². The standard InChI is InChI=1S/C15H18O2/c1-15(2,10-16)14(17)13-8-7-11-5-3-4-6-12(11)9-13/h3-9,14,16-17H,10H2,1-2H3/t14-/m1/s1. The molecule has 0 aliphatic carbocycles. The van der Waals surface area contributed by atoms with Crippen molar-refractivity contribution in [2.45, 2.75) is 20.0 Å². The monoisotopic (exact) mass is 230 g/mol. The van der Waals surface area contributed by atoms with Crippen LogP contribution in [0.2, 0.25) is 0 Å². The van der Waals surface area contributed by atoms with Gasteiger partial charge in [-0.2, -0.15) is 0 Å². The summed E-state index contributed by atoms with van der Waals surface area (Å²) in [7, 11) is 0. The molecule has 2 nitrogen and oxygen atoms in total. The van der Waals surface area contributed by atoms with Crippen molar-refractivity contribution >= 4 is 10.8 Å². The first kappa shape index (κ1) is 12.1. The molecule has 2 heteroatoms. The van der Waals surface area contributed by atoms with E-state index >= 15 is 0 Å². The molecule has 0 saturated heterocycles. The largest absolute Gasteiger partial charge is 0.396 e. The van der Waals surface area contributed by atoms with Crippen molar-refractivity contribution < 1.29 is 10.2 Å². The zero-order valence-corrected chi connectivity index (χ0v) is 10.2. The van der Waals surface area contributed by atoms with Crippen molar-refractivity contribution in [3.8, 4) is 0 Å². The number of rotatable bonds is 3. The van der Waals surface area contributed by atoms with E-state index in [9.17, 15) is 10.2 Å². The lowest BCUT2D eigenvalue weighted by Crippen LogP contribution is -2.25. The molecule has 0 bridgehead atoms. The van der Waals surface area contributed by atoms with Crippen LogP contribution in [0.1, 0.15) is 25.5 Å². The Balaban J connectivity index is 2.43. The third kappa shape index (κ3) is 2.33. The average molecular weight is 230 g/mol. The molecular weight excluding hydrogens is 212 g/mol. The van der Waals surface area contributed by atoms with Crippen molar-refractivity contribution in [1.82, 2.24) is 0 Å². The second-order valence-corrected chi connectivity index (χ2v) is 5.16. The number of benzene rings is 2. The van der Waals surface area contributed by atoms with E-state index in [0.717, 1.165) is 16.3 Å². The number of fused-ring (bicyclic) bond motifs is 1. The Morgan fingerprint density at radius 2 is 1.71 bits per heavy atom. The first-order chi connectivity index (χ1) is 8.04. The summed E-state index contributed by atoms with van der Waals surface area (Å²) in [6.45, 7) is 3.67.